The zero-order valence-corrected chi connectivity index (χ0v) is 12.6. The summed E-state index contributed by atoms with van der Waals surface area (Å²) in [6, 6.07) is 0.0203. The molecule has 0 aromatic carbocycles. The molecule has 2 unspecified atom stereocenters. The van der Waals surface area contributed by atoms with Crippen molar-refractivity contribution in [1.29, 1.82) is 0 Å². The van der Waals surface area contributed by atoms with E-state index in [1.165, 1.54) is 6.20 Å². The van der Waals surface area contributed by atoms with E-state index in [1.54, 1.807) is 4.57 Å². The lowest BCUT2D eigenvalue weighted by Gasteiger charge is -2.29. The molecule has 1 fully saturated rings. The van der Waals surface area contributed by atoms with Gasteiger partial charge in [-0.2, -0.15) is 0 Å². The van der Waals surface area contributed by atoms with E-state index in [0.717, 1.165) is 25.7 Å². The molecule has 23 heavy (non-hydrogen) atoms. The molecule has 0 spiro atoms. The van der Waals surface area contributed by atoms with Crippen LogP contribution < -0.4 is 5.69 Å². The van der Waals surface area contributed by atoms with Crippen molar-refractivity contribution in [3.63, 3.8) is 0 Å². The summed E-state index contributed by atoms with van der Waals surface area (Å²) in [5, 5.41) is 19.6. The van der Waals surface area contributed by atoms with Crippen LogP contribution in [0.2, 0.25) is 0 Å². The molecule has 0 radical (unpaired) electrons. The summed E-state index contributed by atoms with van der Waals surface area (Å²) < 4.78 is 1.65. The highest BCUT2D eigenvalue weighted by Gasteiger charge is 2.29. The number of fused-ring (bicyclic) bond motifs is 3. The van der Waals surface area contributed by atoms with E-state index in [4.69, 9.17) is 0 Å². The maximum Gasteiger partial charge on any atom is 0.328 e. The van der Waals surface area contributed by atoms with Crippen LogP contribution in [-0.2, 0) is 0 Å². The lowest BCUT2D eigenvalue weighted by Crippen LogP contribution is -2.29. The van der Waals surface area contributed by atoms with Gasteiger partial charge in [-0.05, 0) is 18.8 Å². The molecule has 0 bridgehead atoms. The fourth-order valence-electron chi connectivity index (χ4n) is 3.70. The summed E-state index contributed by atoms with van der Waals surface area (Å²) >= 11 is 0. The molecule has 3 aromatic rings. The minimum atomic E-state index is -0.466. The lowest BCUT2D eigenvalue weighted by molar-refractivity contribution is -0.383. The first-order valence-electron chi connectivity index (χ1n) is 7.70. The van der Waals surface area contributed by atoms with Gasteiger partial charge in [-0.3, -0.25) is 19.7 Å². The van der Waals surface area contributed by atoms with Gasteiger partial charge in [0.1, 0.15) is 10.9 Å². The number of nitrogens with one attached hydrogen (secondary N) is 2. The van der Waals surface area contributed by atoms with Crippen LogP contribution in [0.4, 0.5) is 5.69 Å². The highest BCUT2D eigenvalue weighted by Crippen LogP contribution is 2.37. The first kappa shape index (κ1) is 13.9. The summed E-state index contributed by atoms with van der Waals surface area (Å²) in [7, 11) is 0. The van der Waals surface area contributed by atoms with Crippen molar-refractivity contribution in [3.8, 4) is 0 Å². The highest BCUT2D eigenvalue weighted by molar-refractivity contribution is 6.05. The highest BCUT2D eigenvalue weighted by atomic mass is 16.6. The second kappa shape index (κ2) is 4.90. The molecule has 0 amide bonds. The van der Waals surface area contributed by atoms with Crippen LogP contribution in [0.25, 0.3) is 22.2 Å². The monoisotopic (exact) mass is 316 g/mol. The second-order valence-electron chi connectivity index (χ2n) is 6.18. The van der Waals surface area contributed by atoms with Crippen molar-refractivity contribution in [1.82, 2.24) is 24.7 Å². The maximum atomic E-state index is 12.5. The number of hydrogen-bond acceptors (Lipinski definition) is 5. The summed E-state index contributed by atoms with van der Waals surface area (Å²) in [5.74, 6) is 0.335. The van der Waals surface area contributed by atoms with Gasteiger partial charge in [-0.25, -0.2) is 4.79 Å². The number of nitro groups is 1. The number of nitrogens with zero attached hydrogens (tertiary/aromatic N) is 4. The first-order chi connectivity index (χ1) is 11.1. The van der Waals surface area contributed by atoms with Crippen molar-refractivity contribution >= 4 is 27.9 Å². The van der Waals surface area contributed by atoms with Crippen molar-refractivity contribution in [2.24, 2.45) is 5.92 Å². The van der Waals surface area contributed by atoms with Crippen LogP contribution in [0.15, 0.2) is 11.0 Å². The zero-order chi connectivity index (χ0) is 16.1. The molecule has 3 aromatic heterocycles. The largest absolute Gasteiger partial charge is 0.338 e. The summed E-state index contributed by atoms with van der Waals surface area (Å²) in [6.07, 6.45) is 5.42. The molecule has 2 N–H and O–H groups in total. The molecule has 1 saturated carbocycles. The summed E-state index contributed by atoms with van der Waals surface area (Å²) in [5.41, 5.74) is 0.724. The number of H-pyrrole nitrogens is 2. The Hall–Kier alpha value is -2.71. The van der Waals surface area contributed by atoms with Crippen LogP contribution in [0.3, 0.4) is 0 Å². The van der Waals surface area contributed by atoms with E-state index >= 15 is 0 Å². The third-order valence-corrected chi connectivity index (χ3v) is 4.83. The Bertz CT molecular complexity index is 968. The van der Waals surface area contributed by atoms with Crippen molar-refractivity contribution in [2.75, 3.05) is 0 Å². The molecular formula is C14H16N6O3. The Labute approximate surface area is 129 Å². The van der Waals surface area contributed by atoms with Crippen LogP contribution in [-0.4, -0.2) is 29.7 Å². The van der Waals surface area contributed by atoms with Gasteiger partial charge in [0.05, 0.1) is 11.1 Å². The minimum Gasteiger partial charge on any atom is -0.338 e. The molecule has 9 heteroatoms. The zero-order valence-electron chi connectivity index (χ0n) is 12.6. The predicted molar refractivity (Wildman–Crippen MR) is 83.3 cm³/mol. The van der Waals surface area contributed by atoms with Gasteiger partial charge in [-0.15, -0.1) is 10.2 Å². The molecule has 0 aliphatic heterocycles. The van der Waals surface area contributed by atoms with E-state index in [0.29, 0.717) is 28.1 Å². The maximum absolute atomic E-state index is 12.5. The number of rotatable bonds is 2. The van der Waals surface area contributed by atoms with Crippen LogP contribution >= 0.6 is 0 Å². The summed E-state index contributed by atoms with van der Waals surface area (Å²) in [6.45, 7) is 2.12. The van der Waals surface area contributed by atoms with Crippen LogP contribution in [0.5, 0.6) is 0 Å². The predicted octanol–water partition coefficient (Wildman–Crippen LogP) is 2.26. The number of hydrogen-bond donors (Lipinski definition) is 2. The molecule has 2 atom stereocenters. The lowest BCUT2D eigenvalue weighted by atomic mass is 9.85. The summed E-state index contributed by atoms with van der Waals surface area (Å²) in [4.78, 5) is 28.8. The second-order valence-corrected chi connectivity index (χ2v) is 6.18. The Balaban J connectivity index is 2.09. The van der Waals surface area contributed by atoms with Crippen molar-refractivity contribution in [3.05, 3.63) is 26.8 Å². The molecule has 1 aliphatic rings. The Morgan fingerprint density at radius 1 is 1.30 bits per heavy atom. The van der Waals surface area contributed by atoms with Crippen molar-refractivity contribution in [2.45, 2.75) is 38.6 Å². The van der Waals surface area contributed by atoms with Gasteiger partial charge < -0.3 is 4.98 Å². The Morgan fingerprint density at radius 2 is 2.04 bits per heavy atom. The molecule has 0 saturated heterocycles. The van der Waals surface area contributed by atoms with Crippen LogP contribution in [0.1, 0.15) is 38.6 Å². The molecule has 1 aliphatic carbocycles. The molecular weight excluding hydrogens is 300 g/mol. The van der Waals surface area contributed by atoms with E-state index in [-0.39, 0.29) is 17.4 Å². The molecule has 4 rings (SSSR count). The third-order valence-electron chi connectivity index (χ3n) is 4.83. The van der Waals surface area contributed by atoms with Gasteiger partial charge in [0, 0.05) is 6.04 Å². The van der Waals surface area contributed by atoms with E-state index < -0.39 is 4.92 Å². The minimum absolute atomic E-state index is 0.0203. The average molecular weight is 316 g/mol. The molecule has 3 heterocycles. The van der Waals surface area contributed by atoms with Gasteiger partial charge in [0.15, 0.2) is 11.3 Å². The quantitative estimate of drug-likeness (QED) is 0.554. The topological polar surface area (TPSA) is 122 Å². The normalized spacial score (nSPS) is 22.0. The van der Waals surface area contributed by atoms with Crippen molar-refractivity contribution < 1.29 is 4.92 Å². The smallest absolute Gasteiger partial charge is 0.328 e. The van der Waals surface area contributed by atoms with E-state index in [2.05, 4.69) is 27.1 Å². The standard InChI is InChI=1S/C14H16N6O3/c1-7-4-2-3-5-8(7)19-11-10-9(20(22)23)6-15-12(10)17-18-13(11)16-14(19)21/h6-8H,2-5H2,1H3,(H,15,17)(H,16,18,21). The molecule has 9 nitrogen and oxygen atoms in total. The fraction of sp³-hybridized carbons (Fsp3) is 0.500. The Kier molecular flexibility index (Phi) is 2.97. The molecule has 120 valence electrons. The van der Waals surface area contributed by atoms with Crippen LogP contribution in [0, 0.1) is 16.0 Å². The number of aromatic nitrogens is 5. The third kappa shape index (κ3) is 1.96. The van der Waals surface area contributed by atoms with E-state index in [1.807, 2.05) is 0 Å². The van der Waals surface area contributed by atoms with Gasteiger partial charge in [0.2, 0.25) is 0 Å². The number of aromatic amines is 2. The van der Waals surface area contributed by atoms with Gasteiger partial charge in [-0.1, -0.05) is 19.8 Å². The van der Waals surface area contributed by atoms with E-state index in [9.17, 15) is 14.9 Å². The average Bonchev–Trinajstić information content (AvgIpc) is 3.08. The number of imidazole rings is 1. The fourth-order valence-corrected chi connectivity index (χ4v) is 3.70. The Morgan fingerprint density at radius 3 is 2.78 bits per heavy atom. The van der Waals surface area contributed by atoms with Gasteiger partial charge >= 0.3 is 5.69 Å². The van der Waals surface area contributed by atoms with Gasteiger partial charge in [0.25, 0.3) is 5.69 Å². The SMILES string of the molecule is CC1CCCCC1n1c(=O)[nH]c2nnc3[nH]cc([N+](=O)[O-])c3c21. The first-order valence-corrected chi connectivity index (χ1v) is 7.70.